The number of nitrogens with one attached hydrogen (secondary N) is 1. The van der Waals surface area contributed by atoms with E-state index in [0.29, 0.717) is 17.8 Å². The summed E-state index contributed by atoms with van der Waals surface area (Å²) in [6, 6.07) is 8.77. The second-order valence-electron chi connectivity index (χ2n) is 6.71. The van der Waals surface area contributed by atoms with Crippen LogP contribution >= 0.6 is 0 Å². The molecule has 8 heteroatoms. The van der Waals surface area contributed by atoms with Crippen LogP contribution in [0.25, 0.3) is 5.78 Å². The minimum absolute atomic E-state index is 0.144. The maximum atomic E-state index is 12.7. The van der Waals surface area contributed by atoms with Crippen LogP contribution in [0.4, 0.5) is 0 Å². The molecule has 0 spiro atoms. The number of rotatable bonds is 7. The number of carboxylic acids is 1. The number of aliphatic carboxylic acids is 1. The van der Waals surface area contributed by atoms with Gasteiger partial charge in [0.15, 0.2) is 5.54 Å². The highest BCUT2D eigenvalue weighted by Gasteiger charge is 2.40. The van der Waals surface area contributed by atoms with E-state index in [0.717, 1.165) is 17.0 Å². The Bertz CT molecular complexity index is 1020. The molecule has 2 heterocycles. The number of amides is 1. The van der Waals surface area contributed by atoms with Gasteiger partial charge in [-0.1, -0.05) is 37.3 Å². The average molecular weight is 381 g/mol. The molecule has 3 aromatic rings. The number of aromatic nitrogens is 4. The van der Waals surface area contributed by atoms with Crippen LogP contribution in [0.1, 0.15) is 42.3 Å². The molecule has 0 saturated heterocycles. The summed E-state index contributed by atoms with van der Waals surface area (Å²) < 4.78 is 1.64. The number of carbonyl (C=O) groups is 2. The molecule has 0 aliphatic heterocycles. The highest BCUT2D eigenvalue weighted by atomic mass is 16.4. The van der Waals surface area contributed by atoms with Crippen LogP contribution < -0.4 is 5.32 Å². The monoisotopic (exact) mass is 381 g/mol. The number of nitrogens with zero attached hydrogens (tertiary/aromatic N) is 4. The topological polar surface area (TPSA) is 109 Å². The number of hydrogen-bond acceptors (Lipinski definition) is 5. The van der Waals surface area contributed by atoms with Gasteiger partial charge in [-0.2, -0.15) is 10.1 Å². The predicted molar refractivity (Wildman–Crippen MR) is 103 cm³/mol. The Morgan fingerprint density at radius 3 is 2.57 bits per heavy atom. The van der Waals surface area contributed by atoms with Crippen LogP contribution in [-0.2, 0) is 21.5 Å². The number of benzene rings is 1. The fourth-order valence-corrected chi connectivity index (χ4v) is 3.47. The Labute approximate surface area is 162 Å². The first kappa shape index (κ1) is 19.5. The zero-order chi connectivity index (χ0) is 20.3. The van der Waals surface area contributed by atoms with Gasteiger partial charge in [0, 0.05) is 17.8 Å². The number of fused-ring (bicyclic) bond motifs is 1. The van der Waals surface area contributed by atoms with E-state index in [-0.39, 0.29) is 18.7 Å². The van der Waals surface area contributed by atoms with Crippen molar-refractivity contribution >= 4 is 17.7 Å². The second kappa shape index (κ2) is 7.75. The molecule has 0 saturated carbocycles. The minimum atomic E-state index is -1.45. The van der Waals surface area contributed by atoms with Gasteiger partial charge in [-0.3, -0.25) is 4.79 Å². The first-order valence-electron chi connectivity index (χ1n) is 9.14. The van der Waals surface area contributed by atoms with Crippen LogP contribution in [0.3, 0.4) is 0 Å². The van der Waals surface area contributed by atoms with Crippen molar-refractivity contribution in [2.24, 2.45) is 0 Å². The third-order valence-electron chi connectivity index (χ3n) is 5.11. The highest BCUT2D eigenvalue weighted by molar-refractivity contribution is 5.88. The average Bonchev–Trinajstić information content (AvgIpc) is 3.15. The molecular weight excluding hydrogens is 358 g/mol. The SMILES string of the molecule is CCC(NC(=O)CCc1c(C)nc2ncnn2c1C)(C(=O)O)c1ccccc1. The minimum Gasteiger partial charge on any atom is -0.479 e. The fraction of sp³-hybridized carbons (Fsp3) is 0.350. The maximum absolute atomic E-state index is 12.7. The van der Waals surface area contributed by atoms with Gasteiger partial charge in [0.1, 0.15) is 6.33 Å². The number of carbonyl (C=O) groups excluding carboxylic acids is 1. The lowest BCUT2D eigenvalue weighted by Crippen LogP contribution is -2.51. The van der Waals surface area contributed by atoms with Crippen molar-refractivity contribution < 1.29 is 14.7 Å². The summed E-state index contributed by atoms with van der Waals surface area (Å²) in [6.07, 6.45) is 2.25. The van der Waals surface area contributed by atoms with Gasteiger partial charge < -0.3 is 10.4 Å². The quantitative estimate of drug-likeness (QED) is 0.649. The van der Waals surface area contributed by atoms with E-state index >= 15 is 0 Å². The summed E-state index contributed by atoms with van der Waals surface area (Å²) in [6.45, 7) is 5.52. The first-order chi connectivity index (χ1) is 13.4. The Morgan fingerprint density at radius 2 is 1.93 bits per heavy atom. The molecule has 0 fully saturated rings. The first-order valence-corrected chi connectivity index (χ1v) is 9.14. The molecule has 0 aliphatic carbocycles. The van der Waals surface area contributed by atoms with Crippen molar-refractivity contribution in [1.82, 2.24) is 24.9 Å². The zero-order valence-corrected chi connectivity index (χ0v) is 16.1. The van der Waals surface area contributed by atoms with Crippen molar-refractivity contribution in [3.05, 3.63) is 59.2 Å². The third-order valence-corrected chi connectivity index (χ3v) is 5.11. The van der Waals surface area contributed by atoms with E-state index in [1.54, 1.807) is 35.7 Å². The van der Waals surface area contributed by atoms with E-state index < -0.39 is 11.5 Å². The zero-order valence-electron chi connectivity index (χ0n) is 16.1. The van der Waals surface area contributed by atoms with Crippen molar-refractivity contribution in [1.29, 1.82) is 0 Å². The van der Waals surface area contributed by atoms with Gasteiger partial charge in [0.05, 0.1) is 0 Å². The fourth-order valence-electron chi connectivity index (χ4n) is 3.47. The maximum Gasteiger partial charge on any atom is 0.334 e. The molecule has 1 unspecified atom stereocenters. The van der Waals surface area contributed by atoms with Crippen LogP contribution in [0.5, 0.6) is 0 Å². The van der Waals surface area contributed by atoms with Gasteiger partial charge in [-0.25, -0.2) is 14.3 Å². The van der Waals surface area contributed by atoms with Crippen LogP contribution in [0.15, 0.2) is 36.7 Å². The molecule has 8 nitrogen and oxygen atoms in total. The molecule has 0 bridgehead atoms. The Balaban J connectivity index is 1.80. The summed E-state index contributed by atoms with van der Waals surface area (Å²) in [4.78, 5) is 33.2. The van der Waals surface area contributed by atoms with E-state index in [1.807, 2.05) is 19.9 Å². The van der Waals surface area contributed by atoms with Gasteiger partial charge in [-0.15, -0.1) is 0 Å². The standard InChI is InChI=1S/C20H23N5O3/c1-4-20(18(27)28,15-8-6-5-7-9-15)24-17(26)11-10-16-13(2)23-19-21-12-22-25(19)14(16)3/h5-9,12H,4,10-11H2,1-3H3,(H,24,26)(H,27,28). The molecule has 3 rings (SSSR count). The van der Waals surface area contributed by atoms with Gasteiger partial charge >= 0.3 is 5.97 Å². The molecular formula is C20H23N5O3. The molecule has 0 aliphatic rings. The summed E-state index contributed by atoms with van der Waals surface area (Å²) in [5.74, 6) is -0.888. The second-order valence-corrected chi connectivity index (χ2v) is 6.71. The Morgan fingerprint density at radius 1 is 1.21 bits per heavy atom. The summed E-state index contributed by atoms with van der Waals surface area (Å²) in [5, 5.41) is 16.7. The van der Waals surface area contributed by atoms with E-state index in [4.69, 9.17) is 0 Å². The third kappa shape index (κ3) is 3.45. The lowest BCUT2D eigenvalue weighted by molar-refractivity contribution is -0.148. The van der Waals surface area contributed by atoms with Gasteiger partial charge in [-0.05, 0) is 37.8 Å². The molecule has 1 atom stereocenters. The van der Waals surface area contributed by atoms with Crippen molar-refractivity contribution in [3.63, 3.8) is 0 Å². The van der Waals surface area contributed by atoms with Gasteiger partial charge in [0.25, 0.3) is 5.78 Å². The van der Waals surface area contributed by atoms with E-state index in [1.165, 1.54) is 6.33 Å². The van der Waals surface area contributed by atoms with Gasteiger partial charge in [0.2, 0.25) is 5.91 Å². The molecule has 2 aromatic heterocycles. The van der Waals surface area contributed by atoms with Crippen LogP contribution in [-0.4, -0.2) is 36.6 Å². The Kier molecular flexibility index (Phi) is 5.39. The molecule has 0 radical (unpaired) electrons. The number of hydrogen-bond donors (Lipinski definition) is 2. The highest BCUT2D eigenvalue weighted by Crippen LogP contribution is 2.26. The molecule has 2 N–H and O–H groups in total. The normalized spacial score (nSPS) is 13.2. The van der Waals surface area contributed by atoms with Crippen molar-refractivity contribution in [2.75, 3.05) is 0 Å². The van der Waals surface area contributed by atoms with Crippen molar-refractivity contribution in [3.8, 4) is 0 Å². The van der Waals surface area contributed by atoms with Crippen LogP contribution in [0.2, 0.25) is 0 Å². The van der Waals surface area contributed by atoms with E-state index in [2.05, 4.69) is 20.4 Å². The lowest BCUT2D eigenvalue weighted by Gasteiger charge is -2.30. The number of aryl methyl sites for hydroxylation is 2. The molecule has 146 valence electrons. The summed E-state index contributed by atoms with van der Waals surface area (Å²) in [7, 11) is 0. The summed E-state index contributed by atoms with van der Waals surface area (Å²) in [5.41, 5.74) is 1.67. The Hall–Kier alpha value is -3.29. The predicted octanol–water partition coefficient (Wildman–Crippen LogP) is 2.18. The molecule has 28 heavy (non-hydrogen) atoms. The van der Waals surface area contributed by atoms with Crippen LogP contribution in [0, 0.1) is 13.8 Å². The number of carboxylic acid groups (broad SMARTS) is 1. The van der Waals surface area contributed by atoms with E-state index in [9.17, 15) is 14.7 Å². The van der Waals surface area contributed by atoms with Crippen molar-refractivity contribution in [2.45, 2.75) is 45.6 Å². The lowest BCUT2D eigenvalue weighted by atomic mass is 9.87. The molecule has 1 amide bonds. The molecule has 1 aromatic carbocycles. The smallest absolute Gasteiger partial charge is 0.334 e. The summed E-state index contributed by atoms with van der Waals surface area (Å²) >= 11 is 0. The largest absolute Gasteiger partial charge is 0.479 e.